The summed E-state index contributed by atoms with van der Waals surface area (Å²) in [6.07, 6.45) is -0.823. The Balaban J connectivity index is 3.08. The number of carboxylic acids is 1. The van der Waals surface area contributed by atoms with Crippen LogP contribution in [0.2, 0.25) is 0 Å². The van der Waals surface area contributed by atoms with Crippen molar-refractivity contribution in [2.75, 3.05) is 0 Å². The Morgan fingerprint density at radius 2 is 2.25 bits per heavy atom. The van der Waals surface area contributed by atoms with Gasteiger partial charge in [0.05, 0.1) is 6.07 Å². The number of aliphatic carboxylic acids is 1. The third-order valence-corrected chi connectivity index (χ3v) is 2.64. The van der Waals surface area contributed by atoms with Crippen LogP contribution in [0, 0.1) is 11.3 Å². The van der Waals surface area contributed by atoms with Crippen molar-refractivity contribution in [1.82, 2.24) is 0 Å². The van der Waals surface area contributed by atoms with Gasteiger partial charge >= 0.3 is 5.97 Å². The zero-order chi connectivity index (χ0) is 12.1. The Hall–Kier alpha value is -1.38. The molecule has 5 heteroatoms. The molecule has 0 spiro atoms. The van der Waals surface area contributed by atoms with Gasteiger partial charge in [-0.15, -0.1) is 0 Å². The highest BCUT2D eigenvalue weighted by Gasteiger charge is 2.19. The molecule has 0 amide bonds. The van der Waals surface area contributed by atoms with Crippen molar-refractivity contribution in [3.63, 3.8) is 0 Å². The van der Waals surface area contributed by atoms with Gasteiger partial charge in [-0.05, 0) is 29.7 Å². The Kier molecular flexibility index (Phi) is 4.47. The number of carboxylic acid groups (broad SMARTS) is 1. The second-order valence-corrected chi connectivity index (χ2v) is 4.16. The third-order valence-electron chi connectivity index (χ3n) is 2.14. The number of hydrogen-bond donors (Lipinski definition) is 2. The zero-order valence-corrected chi connectivity index (χ0v) is 9.94. The van der Waals surface area contributed by atoms with E-state index in [1.807, 2.05) is 6.07 Å². The van der Waals surface area contributed by atoms with Crippen LogP contribution in [0.15, 0.2) is 22.7 Å². The first-order chi connectivity index (χ1) is 7.56. The van der Waals surface area contributed by atoms with Gasteiger partial charge in [0.15, 0.2) is 6.10 Å². The van der Waals surface area contributed by atoms with Gasteiger partial charge in [-0.25, -0.2) is 4.79 Å². The molecule has 0 fully saturated rings. The fraction of sp³-hybridized carbons (Fsp3) is 0.273. The number of carbonyl (C=O) groups is 1. The van der Waals surface area contributed by atoms with E-state index in [2.05, 4.69) is 15.9 Å². The number of nitriles is 1. The molecule has 1 aromatic carbocycles. The summed E-state index contributed by atoms with van der Waals surface area (Å²) in [5.74, 6) is -1.30. The quantitative estimate of drug-likeness (QED) is 0.886. The van der Waals surface area contributed by atoms with E-state index in [1.165, 1.54) is 0 Å². The molecule has 2 N–H and O–H groups in total. The molecule has 0 aliphatic heterocycles. The molecule has 4 nitrogen and oxygen atoms in total. The van der Waals surface area contributed by atoms with Crippen LogP contribution in [-0.2, 0) is 11.2 Å². The normalized spacial score (nSPS) is 11.8. The van der Waals surface area contributed by atoms with Crippen molar-refractivity contribution in [2.45, 2.75) is 18.9 Å². The predicted molar refractivity (Wildman–Crippen MR) is 60.7 cm³/mol. The summed E-state index contributed by atoms with van der Waals surface area (Å²) < 4.78 is 0.698. The lowest BCUT2D eigenvalue weighted by Crippen LogP contribution is -2.12. The topological polar surface area (TPSA) is 81.3 Å². The standard InChI is InChI=1S/C11H10BrNO3/c12-8-4-3-7(2-1-5-13)9(6-8)10(14)11(15)16/h3-4,6,10,14H,1-2H2,(H,15,16). The first-order valence-corrected chi connectivity index (χ1v) is 5.41. The van der Waals surface area contributed by atoms with Crippen molar-refractivity contribution in [3.8, 4) is 6.07 Å². The van der Waals surface area contributed by atoms with Gasteiger partial charge in [-0.2, -0.15) is 5.26 Å². The third kappa shape index (κ3) is 3.05. The van der Waals surface area contributed by atoms with E-state index in [1.54, 1.807) is 18.2 Å². The molecular formula is C11H10BrNO3. The van der Waals surface area contributed by atoms with Crippen LogP contribution < -0.4 is 0 Å². The highest BCUT2D eigenvalue weighted by Crippen LogP contribution is 2.24. The van der Waals surface area contributed by atoms with E-state index in [4.69, 9.17) is 10.4 Å². The van der Waals surface area contributed by atoms with E-state index in [0.29, 0.717) is 28.4 Å². The number of aliphatic hydroxyl groups is 1. The average Bonchev–Trinajstić information content (AvgIpc) is 2.26. The number of nitrogens with zero attached hydrogens (tertiary/aromatic N) is 1. The first kappa shape index (κ1) is 12.7. The maximum atomic E-state index is 10.7. The van der Waals surface area contributed by atoms with Crippen molar-refractivity contribution >= 4 is 21.9 Å². The lowest BCUT2D eigenvalue weighted by atomic mass is 9.99. The lowest BCUT2D eigenvalue weighted by Gasteiger charge is -2.11. The van der Waals surface area contributed by atoms with Crippen LogP contribution in [0.5, 0.6) is 0 Å². The van der Waals surface area contributed by atoms with E-state index in [0.717, 1.165) is 0 Å². The maximum Gasteiger partial charge on any atom is 0.337 e. The fourth-order valence-electron chi connectivity index (χ4n) is 1.37. The smallest absolute Gasteiger partial charge is 0.337 e. The SMILES string of the molecule is N#CCCc1ccc(Br)cc1C(O)C(=O)O. The van der Waals surface area contributed by atoms with Crippen LogP contribution in [0.1, 0.15) is 23.7 Å². The Bertz CT molecular complexity index is 439. The number of aliphatic hydroxyl groups excluding tert-OH is 1. The van der Waals surface area contributed by atoms with Gasteiger partial charge < -0.3 is 10.2 Å². The van der Waals surface area contributed by atoms with Crippen molar-refractivity contribution in [2.24, 2.45) is 0 Å². The zero-order valence-electron chi connectivity index (χ0n) is 8.35. The minimum absolute atomic E-state index is 0.293. The van der Waals surface area contributed by atoms with Gasteiger partial charge in [0.1, 0.15) is 0 Å². The number of hydrogen-bond acceptors (Lipinski definition) is 3. The van der Waals surface area contributed by atoms with Crippen LogP contribution in [-0.4, -0.2) is 16.2 Å². The molecule has 0 saturated carbocycles. The molecule has 1 atom stereocenters. The van der Waals surface area contributed by atoms with Gasteiger partial charge in [0, 0.05) is 10.9 Å². The second kappa shape index (κ2) is 5.64. The van der Waals surface area contributed by atoms with Crippen LogP contribution in [0.3, 0.4) is 0 Å². The van der Waals surface area contributed by atoms with Crippen LogP contribution in [0.25, 0.3) is 0 Å². The van der Waals surface area contributed by atoms with Gasteiger partial charge in [0.2, 0.25) is 0 Å². The molecule has 0 bridgehead atoms. The summed E-state index contributed by atoms with van der Waals surface area (Å²) in [6.45, 7) is 0. The second-order valence-electron chi connectivity index (χ2n) is 3.24. The number of benzene rings is 1. The van der Waals surface area contributed by atoms with Crippen LogP contribution >= 0.6 is 15.9 Å². The monoisotopic (exact) mass is 283 g/mol. The van der Waals surface area contributed by atoms with Gasteiger partial charge in [-0.1, -0.05) is 22.0 Å². The molecule has 0 aromatic heterocycles. The summed E-state index contributed by atoms with van der Waals surface area (Å²) in [4.78, 5) is 10.7. The lowest BCUT2D eigenvalue weighted by molar-refractivity contribution is -0.147. The van der Waals surface area contributed by atoms with E-state index >= 15 is 0 Å². The average molecular weight is 284 g/mol. The first-order valence-electron chi connectivity index (χ1n) is 4.62. The highest BCUT2D eigenvalue weighted by atomic mass is 79.9. The van der Waals surface area contributed by atoms with Gasteiger partial charge in [0.25, 0.3) is 0 Å². The Morgan fingerprint density at radius 3 is 2.81 bits per heavy atom. The minimum atomic E-state index is -1.55. The van der Waals surface area contributed by atoms with E-state index < -0.39 is 12.1 Å². The Morgan fingerprint density at radius 1 is 1.56 bits per heavy atom. The molecular weight excluding hydrogens is 274 g/mol. The molecule has 0 saturated heterocycles. The summed E-state index contributed by atoms with van der Waals surface area (Å²) in [5.41, 5.74) is 1.01. The van der Waals surface area contributed by atoms with E-state index in [9.17, 15) is 9.90 Å². The number of halogens is 1. The maximum absolute atomic E-state index is 10.7. The summed E-state index contributed by atoms with van der Waals surface area (Å²) in [7, 11) is 0. The summed E-state index contributed by atoms with van der Waals surface area (Å²) in [6, 6.07) is 7.01. The fourth-order valence-corrected chi connectivity index (χ4v) is 1.75. The van der Waals surface area contributed by atoms with Crippen molar-refractivity contribution in [3.05, 3.63) is 33.8 Å². The van der Waals surface area contributed by atoms with Crippen LogP contribution in [0.4, 0.5) is 0 Å². The van der Waals surface area contributed by atoms with Crippen molar-refractivity contribution in [1.29, 1.82) is 5.26 Å². The summed E-state index contributed by atoms with van der Waals surface area (Å²) in [5, 5.41) is 26.7. The number of rotatable bonds is 4. The molecule has 0 aliphatic rings. The molecule has 0 aliphatic carbocycles. The van der Waals surface area contributed by atoms with Crippen molar-refractivity contribution < 1.29 is 15.0 Å². The summed E-state index contributed by atoms with van der Waals surface area (Å²) >= 11 is 3.21. The molecule has 0 radical (unpaired) electrons. The van der Waals surface area contributed by atoms with Gasteiger partial charge in [-0.3, -0.25) is 0 Å². The molecule has 1 aromatic rings. The van der Waals surface area contributed by atoms with E-state index in [-0.39, 0.29) is 0 Å². The highest BCUT2D eigenvalue weighted by molar-refractivity contribution is 9.10. The number of aryl methyl sites for hydroxylation is 1. The molecule has 84 valence electrons. The largest absolute Gasteiger partial charge is 0.479 e. The molecule has 1 rings (SSSR count). The molecule has 0 heterocycles. The predicted octanol–water partition coefficient (Wildman–Crippen LogP) is 2.02. The molecule has 16 heavy (non-hydrogen) atoms. The molecule has 1 unspecified atom stereocenters. The Labute approximate surface area is 101 Å². The minimum Gasteiger partial charge on any atom is -0.479 e.